The first-order valence-electron chi connectivity index (χ1n) is 4.49. The molecule has 0 saturated carbocycles. The van der Waals surface area contributed by atoms with E-state index < -0.39 is 0 Å². The zero-order valence-electron chi connectivity index (χ0n) is 8.56. The number of hydrogen-bond donors (Lipinski definition) is 2. The van der Waals surface area contributed by atoms with Gasteiger partial charge in [0.2, 0.25) is 5.91 Å². The Morgan fingerprint density at radius 3 is 2.71 bits per heavy atom. The molecule has 1 aromatic heterocycles. The summed E-state index contributed by atoms with van der Waals surface area (Å²) >= 11 is 0. The fraction of sp³-hybridized carbons (Fsp3) is 0.400. The van der Waals surface area contributed by atoms with E-state index in [0.29, 0.717) is 11.4 Å². The standard InChI is InChI=1S/C10H13N3O/c1-4-8-6(2)12-10(9(8)5-11)13-7(3)14/h12H,4H2,1-3H3,(H,13,14). The van der Waals surface area contributed by atoms with Gasteiger partial charge in [-0.15, -0.1) is 0 Å². The van der Waals surface area contributed by atoms with E-state index in [1.54, 1.807) is 0 Å². The van der Waals surface area contributed by atoms with Crippen molar-refractivity contribution in [3.05, 3.63) is 16.8 Å². The average Bonchev–Trinajstić information content (AvgIpc) is 2.39. The van der Waals surface area contributed by atoms with Gasteiger partial charge in [0.1, 0.15) is 11.9 Å². The van der Waals surface area contributed by atoms with Crippen molar-refractivity contribution in [2.45, 2.75) is 27.2 Å². The Hall–Kier alpha value is -1.76. The Kier molecular flexibility index (Phi) is 2.92. The molecule has 0 aliphatic rings. The van der Waals surface area contributed by atoms with Gasteiger partial charge < -0.3 is 10.3 Å². The number of aryl methyl sites for hydroxylation is 1. The molecule has 0 atom stereocenters. The number of carbonyl (C=O) groups is 1. The van der Waals surface area contributed by atoms with E-state index in [4.69, 9.17) is 5.26 Å². The van der Waals surface area contributed by atoms with Crippen LogP contribution in [0.1, 0.15) is 30.7 Å². The first kappa shape index (κ1) is 10.3. The Balaban J connectivity index is 3.19. The van der Waals surface area contributed by atoms with Crippen LogP contribution in [0.5, 0.6) is 0 Å². The molecular weight excluding hydrogens is 178 g/mol. The monoisotopic (exact) mass is 191 g/mol. The van der Waals surface area contributed by atoms with Gasteiger partial charge in [0.25, 0.3) is 0 Å². The minimum atomic E-state index is -0.176. The highest BCUT2D eigenvalue weighted by atomic mass is 16.1. The van der Waals surface area contributed by atoms with Gasteiger partial charge in [0.05, 0.1) is 5.56 Å². The minimum Gasteiger partial charge on any atom is -0.344 e. The van der Waals surface area contributed by atoms with Gasteiger partial charge in [-0.2, -0.15) is 5.26 Å². The van der Waals surface area contributed by atoms with Gasteiger partial charge >= 0.3 is 0 Å². The number of aromatic amines is 1. The highest BCUT2D eigenvalue weighted by Crippen LogP contribution is 2.22. The maximum absolute atomic E-state index is 10.8. The molecule has 0 spiro atoms. The molecule has 74 valence electrons. The van der Waals surface area contributed by atoms with Crippen molar-refractivity contribution >= 4 is 11.7 Å². The van der Waals surface area contributed by atoms with Crippen LogP contribution in [-0.2, 0) is 11.2 Å². The van der Waals surface area contributed by atoms with Gasteiger partial charge in [-0.05, 0) is 18.9 Å². The molecule has 0 bridgehead atoms. The number of aromatic nitrogens is 1. The lowest BCUT2D eigenvalue weighted by molar-refractivity contribution is -0.114. The molecule has 0 aromatic carbocycles. The van der Waals surface area contributed by atoms with E-state index in [9.17, 15) is 4.79 Å². The molecule has 4 nitrogen and oxygen atoms in total. The fourth-order valence-electron chi connectivity index (χ4n) is 1.50. The zero-order valence-corrected chi connectivity index (χ0v) is 8.56. The van der Waals surface area contributed by atoms with Gasteiger partial charge in [-0.25, -0.2) is 0 Å². The first-order valence-corrected chi connectivity index (χ1v) is 4.49. The third-order valence-corrected chi connectivity index (χ3v) is 2.08. The van der Waals surface area contributed by atoms with Crippen LogP contribution in [0, 0.1) is 18.3 Å². The van der Waals surface area contributed by atoms with Crippen LogP contribution in [0.4, 0.5) is 5.82 Å². The molecule has 0 saturated heterocycles. The molecule has 14 heavy (non-hydrogen) atoms. The van der Waals surface area contributed by atoms with Crippen LogP contribution in [0.15, 0.2) is 0 Å². The van der Waals surface area contributed by atoms with E-state index in [1.165, 1.54) is 6.92 Å². The summed E-state index contributed by atoms with van der Waals surface area (Å²) in [6.45, 7) is 5.29. The number of amides is 1. The SMILES string of the molecule is CCc1c(C)[nH]c(NC(C)=O)c1C#N. The molecule has 0 aliphatic heterocycles. The number of nitriles is 1. The molecule has 0 aliphatic carbocycles. The fourth-order valence-corrected chi connectivity index (χ4v) is 1.50. The highest BCUT2D eigenvalue weighted by molar-refractivity contribution is 5.89. The molecule has 2 N–H and O–H groups in total. The lowest BCUT2D eigenvalue weighted by atomic mass is 10.1. The lowest BCUT2D eigenvalue weighted by Gasteiger charge is -1.98. The van der Waals surface area contributed by atoms with Crippen molar-refractivity contribution in [1.82, 2.24) is 4.98 Å². The van der Waals surface area contributed by atoms with Crippen LogP contribution < -0.4 is 5.32 Å². The summed E-state index contributed by atoms with van der Waals surface area (Å²) in [6.07, 6.45) is 0.783. The number of rotatable bonds is 2. The van der Waals surface area contributed by atoms with Crippen molar-refractivity contribution in [3.8, 4) is 6.07 Å². The van der Waals surface area contributed by atoms with Crippen molar-refractivity contribution in [2.75, 3.05) is 5.32 Å². The quantitative estimate of drug-likeness (QED) is 0.747. The molecule has 1 heterocycles. The molecular formula is C10H13N3O. The third-order valence-electron chi connectivity index (χ3n) is 2.08. The number of anilines is 1. The normalized spacial score (nSPS) is 9.57. The Bertz CT molecular complexity index is 398. The van der Waals surface area contributed by atoms with E-state index in [2.05, 4.69) is 16.4 Å². The molecule has 4 heteroatoms. The maximum Gasteiger partial charge on any atom is 0.222 e. The summed E-state index contributed by atoms with van der Waals surface area (Å²) in [6, 6.07) is 2.10. The number of carbonyl (C=O) groups excluding carboxylic acids is 1. The summed E-state index contributed by atoms with van der Waals surface area (Å²) < 4.78 is 0. The smallest absolute Gasteiger partial charge is 0.222 e. The number of H-pyrrole nitrogens is 1. The Morgan fingerprint density at radius 2 is 2.29 bits per heavy atom. The number of nitrogens with one attached hydrogen (secondary N) is 2. The van der Waals surface area contributed by atoms with E-state index >= 15 is 0 Å². The van der Waals surface area contributed by atoms with E-state index in [-0.39, 0.29) is 5.91 Å². The Morgan fingerprint density at radius 1 is 1.64 bits per heavy atom. The van der Waals surface area contributed by atoms with Gasteiger partial charge in [-0.1, -0.05) is 6.92 Å². The van der Waals surface area contributed by atoms with E-state index in [0.717, 1.165) is 17.7 Å². The molecule has 1 aromatic rings. The summed E-state index contributed by atoms with van der Waals surface area (Å²) in [5.41, 5.74) is 2.45. The third kappa shape index (κ3) is 1.77. The molecule has 0 radical (unpaired) electrons. The number of nitrogens with zero attached hydrogens (tertiary/aromatic N) is 1. The first-order chi connectivity index (χ1) is 6.60. The van der Waals surface area contributed by atoms with Crippen LogP contribution in [0.25, 0.3) is 0 Å². The topological polar surface area (TPSA) is 68.7 Å². The van der Waals surface area contributed by atoms with Crippen LogP contribution in [-0.4, -0.2) is 10.9 Å². The van der Waals surface area contributed by atoms with Gasteiger partial charge in [0, 0.05) is 12.6 Å². The van der Waals surface area contributed by atoms with Crippen molar-refractivity contribution in [3.63, 3.8) is 0 Å². The second kappa shape index (κ2) is 3.97. The largest absolute Gasteiger partial charge is 0.344 e. The average molecular weight is 191 g/mol. The van der Waals surface area contributed by atoms with Gasteiger partial charge in [-0.3, -0.25) is 4.79 Å². The zero-order chi connectivity index (χ0) is 10.7. The second-order valence-electron chi connectivity index (χ2n) is 3.13. The van der Waals surface area contributed by atoms with Gasteiger partial charge in [0.15, 0.2) is 0 Å². The van der Waals surface area contributed by atoms with Crippen molar-refractivity contribution < 1.29 is 4.79 Å². The second-order valence-corrected chi connectivity index (χ2v) is 3.13. The van der Waals surface area contributed by atoms with Crippen molar-refractivity contribution in [1.29, 1.82) is 5.26 Å². The predicted octanol–water partition coefficient (Wildman–Crippen LogP) is 1.72. The number of hydrogen-bond acceptors (Lipinski definition) is 2. The summed E-state index contributed by atoms with van der Waals surface area (Å²) in [7, 11) is 0. The molecule has 1 amide bonds. The van der Waals surface area contributed by atoms with Crippen LogP contribution in [0.3, 0.4) is 0 Å². The maximum atomic E-state index is 10.8. The van der Waals surface area contributed by atoms with Crippen molar-refractivity contribution in [2.24, 2.45) is 0 Å². The van der Waals surface area contributed by atoms with Crippen LogP contribution in [0.2, 0.25) is 0 Å². The lowest BCUT2D eigenvalue weighted by Crippen LogP contribution is -2.07. The molecule has 0 fully saturated rings. The predicted molar refractivity (Wildman–Crippen MR) is 53.9 cm³/mol. The van der Waals surface area contributed by atoms with Crippen LogP contribution >= 0.6 is 0 Å². The summed E-state index contributed by atoms with van der Waals surface area (Å²) in [5, 5.41) is 11.5. The molecule has 0 unspecified atom stereocenters. The minimum absolute atomic E-state index is 0.176. The summed E-state index contributed by atoms with van der Waals surface area (Å²) in [4.78, 5) is 13.8. The van der Waals surface area contributed by atoms with E-state index in [1.807, 2.05) is 13.8 Å². The molecule has 1 rings (SSSR count). The Labute approximate surface area is 82.9 Å². The summed E-state index contributed by atoms with van der Waals surface area (Å²) in [5.74, 6) is 0.333. The highest BCUT2D eigenvalue weighted by Gasteiger charge is 2.13.